The zero-order chi connectivity index (χ0) is 13.3. The van der Waals surface area contributed by atoms with Gasteiger partial charge in [-0.25, -0.2) is 0 Å². The van der Waals surface area contributed by atoms with Crippen molar-refractivity contribution in [1.29, 1.82) is 0 Å². The van der Waals surface area contributed by atoms with Crippen LogP contribution < -0.4 is 10.1 Å². The highest BCUT2D eigenvalue weighted by Crippen LogP contribution is 2.48. The van der Waals surface area contributed by atoms with Crippen molar-refractivity contribution in [3.05, 3.63) is 54.0 Å². The van der Waals surface area contributed by atoms with Gasteiger partial charge in [-0.1, -0.05) is 18.2 Å². The van der Waals surface area contributed by atoms with Crippen LogP contribution in [0.2, 0.25) is 0 Å². The number of para-hydroxylation sites is 1. The van der Waals surface area contributed by atoms with Crippen LogP contribution in [0, 0.1) is 0 Å². The van der Waals surface area contributed by atoms with Gasteiger partial charge < -0.3 is 14.5 Å². The molecule has 1 fully saturated rings. The van der Waals surface area contributed by atoms with Gasteiger partial charge in [0, 0.05) is 5.56 Å². The van der Waals surface area contributed by atoms with E-state index in [1.165, 1.54) is 6.26 Å². The maximum Gasteiger partial charge on any atom is 0.287 e. The molecule has 0 saturated heterocycles. The highest BCUT2D eigenvalue weighted by Gasteiger charge is 2.47. The monoisotopic (exact) mass is 257 g/mol. The van der Waals surface area contributed by atoms with E-state index < -0.39 is 0 Å². The Morgan fingerprint density at radius 2 is 2.05 bits per heavy atom. The van der Waals surface area contributed by atoms with E-state index in [1.807, 2.05) is 24.3 Å². The third-order valence-corrected chi connectivity index (χ3v) is 3.47. The smallest absolute Gasteiger partial charge is 0.287 e. The average Bonchev–Trinajstić information content (AvgIpc) is 3.01. The van der Waals surface area contributed by atoms with E-state index in [9.17, 15) is 4.79 Å². The third-order valence-electron chi connectivity index (χ3n) is 3.47. The minimum Gasteiger partial charge on any atom is -0.496 e. The zero-order valence-corrected chi connectivity index (χ0v) is 10.7. The number of hydrogen-bond donors (Lipinski definition) is 1. The Hall–Kier alpha value is -2.23. The van der Waals surface area contributed by atoms with Crippen molar-refractivity contribution < 1.29 is 13.9 Å². The lowest BCUT2D eigenvalue weighted by Crippen LogP contribution is -2.34. The summed E-state index contributed by atoms with van der Waals surface area (Å²) in [6.45, 7) is 0. The van der Waals surface area contributed by atoms with Crippen molar-refractivity contribution in [3.63, 3.8) is 0 Å². The Morgan fingerprint density at radius 1 is 1.26 bits per heavy atom. The quantitative estimate of drug-likeness (QED) is 0.916. The number of benzene rings is 1. The first-order valence-corrected chi connectivity index (χ1v) is 6.25. The summed E-state index contributed by atoms with van der Waals surface area (Å²) in [5.41, 5.74) is 0.716. The third kappa shape index (κ3) is 2.10. The molecule has 0 unspecified atom stereocenters. The number of carbonyl (C=O) groups is 1. The van der Waals surface area contributed by atoms with Gasteiger partial charge in [0.15, 0.2) is 5.76 Å². The molecule has 0 bridgehead atoms. The number of rotatable bonds is 4. The lowest BCUT2D eigenvalue weighted by molar-refractivity contribution is 0.0902. The second kappa shape index (κ2) is 4.46. The second-order valence-electron chi connectivity index (χ2n) is 4.71. The van der Waals surface area contributed by atoms with Gasteiger partial charge in [-0.05, 0) is 31.0 Å². The minimum atomic E-state index is -0.309. The molecule has 0 radical (unpaired) electrons. The van der Waals surface area contributed by atoms with Gasteiger partial charge in [-0.3, -0.25) is 4.79 Å². The van der Waals surface area contributed by atoms with E-state index in [0.29, 0.717) is 5.76 Å². The van der Waals surface area contributed by atoms with Crippen LogP contribution >= 0.6 is 0 Å². The molecule has 1 heterocycles. The molecule has 1 aliphatic carbocycles. The molecular formula is C15H15NO3. The summed E-state index contributed by atoms with van der Waals surface area (Å²) >= 11 is 0. The molecule has 1 aromatic carbocycles. The van der Waals surface area contributed by atoms with Crippen molar-refractivity contribution in [2.75, 3.05) is 7.11 Å². The number of hydrogen-bond acceptors (Lipinski definition) is 3. The Balaban J connectivity index is 1.86. The van der Waals surface area contributed by atoms with Gasteiger partial charge in [0.25, 0.3) is 5.91 Å². The van der Waals surface area contributed by atoms with Gasteiger partial charge >= 0.3 is 0 Å². The minimum absolute atomic E-state index is 0.187. The summed E-state index contributed by atoms with van der Waals surface area (Å²) in [4.78, 5) is 12.1. The average molecular weight is 257 g/mol. The normalized spacial score (nSPS) is 15.8. The summed E-state index contributed by atoms with van der Waals surface area (Å²) in [7, 11) is 1.64. The van der Waals surface area contributed by atoms with Crippen LogP contribution in [-0.4, -0.2) is 13.0 Å². The second-order valence-corrected chi connectivity index (χ2v) is 4.71. The number of ether oxygens (including phenoxy) is 1. The number of furan rings is 1. The van der Waals surface area contributed by atoms with Crippen molar-refractivity contribution >= 4 is 5.91 Å². The van der Waals surface area contributed by atoms with Crippen LogP contribution in [0.4, 0.5) is 0 Å². The topological polar surface area (TPSA) is 51.5 Å². The van der Waals surface area contributed by atoms with Gasteiger partial charge in [-0.2, -0.15) is 0 Å². The Labute approximate surface area is 111 Å². The van der Waals surface area contributed by atoms with E-state index in [1.54, 1.807) is 19.2 Å². The predicted octanol–water partition coefficient (Wildman–Crippen LogP) is 2.71. The summed E-state index contributed by atoms with van der Waals surface area (Å²) in [6.07, 6.45) is 3.33. The zero-order valence-electron chi connectivity index (χ0n) is 10.7. The van der Waals surface area contributed by atoms with Crippen molar-refractivity contribution in [3.8, 4) is 5.75 Å². The van der Waals surface area contributed by atoms with Gasteiger partial charge in [0.2, 0.25) is 0 Å². The fourth-order valence-corrected chi connectivity index (χ4v) is 2.31. The van der Waals surface area contributed by atoms with Crippen molar-refractivity contribution in [2.45, 2.75) is 18.4 Å². The SMILES string of the molecule is COc1ccccc1C1(NC(=O)c2ccco2)CC1. The van der Waals surface area contributed by atoms with Crippen LogP contribution in [-0.2, 0) is 5.54 Å². The maximum absolute atomic E-state index is 12.1. The van der Waals surface area contributed by atoms with Crippen molar-refractivity contribution in [1.82, 2.24) is 5.32 Å². The number of methoxy groups -OCH3 is 1. The van der Waals surface area contributed by atoms with Crippen LogP contribution in [0.15, 0.2) is 47.1 Å². The molecule has 0 aliphatic heterocycles. The molecule has 1 aromatic heterocycles. The summed E-state index contributed by atoms with van der Waals surface area (Å²) in [5, 5.41) is 3.05. The van der Waals surface area contributed by atoms with E-state index >= 15 is 0 Å². The van der Waals surface area contributed by atoms with Crippen LogP contribution in [0.5, 0.6) is 5.75 Å². The van der Waals surface area contributed by atoms with Crippen LogP contribution in [0.1, 0.15) is 29.0 Å². The molecule has 0 atom stereocenters. The Morgan fingerprint density at radius 3 is 2.68 bits per heavy atom. The fourth-order valence-electron chi connectivity index (χ4n) is 2.31. The molecule has 98 valence electrons. The van der Waals surface area contributed by atoms with E-state index in [0.717, 1.165) is 24.2 Å². The number of carbonyl (C=O) groups excluding carboxylic acids is 1. The molecule has 0 spiro atoms. The van der Waals surface area contributed by atoms with Gasteiger partial charge in [-0.15, -0.1) is 0 Å². The molecule has 1 saturated carbocycles. The number of nitrogens with one attached hydrogen (secondary N) is 1. The first kappa shape index (κ1) is 11.8. The maximum atomic E-state index is 12.1. The van der Waals surface area contributed by atoms with E-state index in [4.69, 9.17) is 9.15 Å². The fraction of sp³-hybridized carbons (Fsp3) is 0.267. The number of amides is 1. The molecule has 19 heavy (non-hydrogen) atoms. The molecule has 1 aliphatic rings. The van der Waals surface area contributed by atoms with E-state index in [-0.39, 0.29) is 11.4 Å². The first-order valence-electron chi connectivity index (χ1n) is 6.25. The standard InChI is InChI=1S/C15H15NO3/c1-18-12-6-3-2-5-11(12)15(8-9-15)16-14(17)13-7-4-10-19-13/h2-7,10H,8-9H2,1H3,(H,16,17). The molecule has 4 nitrogen and oxygen atoms in total. The molecule has 4 heteroatoms. The molecule has 1 N–H and O–H groups in total. The Kier molecular flexibility index (Phi) is 2.78. The summed E-state index contributed by atoms with van der Waals surface area (Å²) in [5.74, 6) is 0.953. The Bertz CT molecular complexity index is 585. The molecule has 2 aromatic rings. The van der Waals surface area contributed by atoms with Gasteiger partial charge in [0.1, 0.15) is 5.75 Å². The lowest BCUT2D eigenvalue weighted by atomic mass is 10.0. The molecule has 1 amide bonds. The molecule has 3 rings (SSSR count). The highest BCUT2D eigenvalue weighted by atomic mass is 16.5. The molecular weight excluding hydrogens is 242 g/mol. The largest absolute Gasteiger partial charge is 0.496 e. The summed E-state index contributed by atoms with van der Waals surface area (Å²) in [6, 6.07) is 11.2. The first-order chi connectivity index (χ1) is 9.25. The predicted molar refractivity (Wildman–Crippen MR) is 70.1 cm³/mol. The van der Waals surface area contributed by atoms with Crippen LogP contribution in [0.25, 0.3) is 0 Å². The summed E-state index contributed by atoms with van der Waals surface area (Å²) < 4.78 is 10.5. The lowest BCUT2D eigenvalue weighted by Gasteiger charge is -2.19. The van der Waals surface area contributed by atoms with Crippen molar-refractivity contribution in [2.24, 2.45) is 0 Å². The highest BCUT2D eigenvalue weighted by molar-refractivity contribution is 5.92. The van der Waals surface area contributed by atoms with Gasteiger partial charge in [0.05, 0.1) is 18.9 Å². The van der Waals surface area contributed by atoms with E-state index in [2.05, 4.69) is 5.32 Å². The van der Waals surface area contributed by atoms with Crippen LogP contribution in [0.3, 0.4) is 0 Å².